The number of rotatable bonds is 1. The highest BCUT2D eigenvalue weighted by Gasteiger charge is 1.99. The van der Waals surface area contributed by atoms with Crippen LogP contribution < -0.4 is 0 Å². The second-order valence-corrected chi connectivity index (χ2v) is 1.92. The van der Waals surface area contributed by atoms with E-state index in [2.05, 4.69) is 5.16 Å². The molecule has 0 atom stereocenters. The minimum absolute atomic E-state index is 0.665. The van der Waals surface area contributed by atoms with E-state index in [4.69, 9.17) is 9.93 Å². The smallest absolute Gasteiger partial charge is 0.235 e. The summed E-state index contributed by atoms with van der Waals surface area (Å²) in [4.78, 5) is 0. The Morgan fingerprint density at radius 2 is 2.50 bits per heavy atom. The number of aromatic nitrogens is 2. The molecule has 0 unspecified atom stereocenters. The van der Waals surface area contributed by atoms with Crippen LogP contribution in [0.15, 0.2) is 23.0 Å². The quantitative estimate of drug-likeness (QED) is 0.591. The van der Waals surface area contributed by atoms with Crippen molar-refractivity contribution in [1.29, 1.82) is 5.41 Å². The zero-order valence-corrected chi connectivity index (χ0v) is 5.11. The second-order valence-electron chi connectivity index (χ2n) is 1.92. The van der Waals surface area contributed by atoms with E-state index >= 15 is 0 Å². The molecule has 4 heteroatoms. The van der Waals surface area contributed by atoms with E-state index in [1.54, 1.807) is 16.5 Å². The maximum absolute atomic E-state index is 6.97. The van der Waals surface area contributed by atoms with Gasteiger partial charge >= 0.3 is 0 Å². The van der Waals surface area contributed by atoms with Crippen molar-refractivity contribution in [2.24, 2.45) is 0 Å². The van der Waals surface area contributed by atoms with Crippen molar-refractivity contribution in [3.63, 3.8) is 0 Å². The van der Waals surface area contributed by atoms with Gasteiger partial charge in [0.25, 0.3) is 0 Å². The van der Waals surface area contributed by atoms with E-state index in [1.807, 2.05) is 0 Å². The summed E-state index contributed by atoms with van der Waals surface area (Å²) in [7, 11) is 0. The van der Waals surface area contributed by atoms with Crippen LogP contribution >= 0.6 is 0 Å². The molecule has 2 aromatic rings. The molecule has 0 spiro atoms. The SMILES string of the molecule is N=Cc1ccc2oncn12. The van der Waals surface area contributed by atoms with Crippen LogP contribution in [-0.4, -0.2) is 15.8 Å². The number of fused-ring (bicyclic) bond motifs is 1. The molecule has 2 aromatic heterocycles. The highest BCUT2D eigenvalue weighted by Crippen LogP contribution is 2.05. The summed E-state index contributed by atoms with van der Waals surface area (Å²) in [5.74, 6) is 0. The Morgan fingerprint density at radius 3 is 3.30 bits per heavy atom. The van der Waals surface area contributed by atoms with Gasteiger partial charge in [0.05, 0.1) is 5.69 Å². The Balaban J connectivity index is 2.88. The van der Waals surface area contributed by atoms with Gasteiger partial charge in [-0.25, -0.2) is 0 Å². The van der Waals surface area contributed by atoms with Gasteiger partial charge in [0, 0.05) is 12.3 Å². The molecule has 1 N–H and O–H groups in total. The fourth-order valence-corrected chi connectivity index (χ4v) is 0.885. The number of hydrogen-bond acceptors (Lipinski definition) is 3. The summed E-state index contributed by atoms with van der Waals surface area (Å²) in [6, 6.07) is 3.57. The first kappa shape index (κ1) is 5.22. The summed E-state index contributed by atoms with van der Waals surface area (Å²) in [5.41, 5.74) is 1.44. The van der Waals surface area contributed by atoms with Crippen molar-refractivity contribution in [1.82, 2.24) is 9.56 Å². The molecule has 0 aliphatic heterocycles. The third-order valence-corrected chi connectivity index (χ3v) is 1.37. The predicted octanol–water partition coefficient (Wildman–Crippen LogP) is 0.925. The normalized spacial score (nSPS) is 10.4. The van der Waals surface area contributed by atoms with Crippen LogP contribution in [0.2, 0.25) is 0 Å². The van der Waals surface area contributed by atoms with Gasteiger partial charge in [-0.15, -0.1) is 0 Å². The van der Waals surface area contributed by atoms with Gasteiger partial charge in [0.1, 0.15) is 6.33 Å². The van der Waals surface area contributed by atoms with Gasteiger partial charge in [-0.2, -0.15) is 0 Å². The van der Waals surface area contributed by atoms with Gasteiger partial charge in [-0.1, -0.05) is 5.16 Å². The molecule has 4 nitrogen and oxygen atoms in total. The molecule has 2 rings (SSSR count). The lowest BCUT2D eigenvalue weighted by atomic mass is 10.5. The fourth-order valence-electron chi connectivity index (χ4n) is 0.885. The molecule has 50 valence electrons. The Morgan fingerprint density at radius 1 is 1.60 bits per heavy atom. The molecule has 2 heterocycles. The maximum atomic E-state index is 6.97. The highest BCUT2D eigenvalue weighted by atomic mass is 16.5. The van der Waals surface area contributed by atoms with Crippen molar-refractivity contribution in [2.75, 3.05) is 0 Å². The topological polar surface area (TPSA) is 54.3 Å². The fraction of sp³-hybridized carbons (Fsp3) is 0. The first-order chi connectivity index (χ1) is 4.92. The van der Waals surface area contributed by atoms with Gasteiger partial charge < -0.3 is 9.93 Å². The monoisotopic (exact) mass is 135 g/mol. The molecule has 0 fully saturated rings. The Kier molecular flexibility index (Phi) is 0.887. The number of nitrogens with one attached hydrogen (secondary N) is 1. The Bertz CT molecular complexity index is 360. The zero-order valence-electron chi connectivity index (χ0n) is 5.11. The molecule has 0 bridgehead atoms. The average molecular weight is 135 g/mol. The van der Waals surface area contributed by atoms with Crippen LogP contribution in [0.1, 0.15) is 5.69 Å². The highest BCUT2D eigenvalue weighted by molar-refractivity contribution is 5.76. The van der Waals surface area contributed by atoms with E-state index in [1.165, 1.54) is 12.5 Å². The van der Waals surface area contributed by atoms with Gasteiger partial charge in [-0.3, -0.25) is 4.40 Å². The standard InChI is InChI=1S/C6H5N3O/c7-3-5-1-2-6-9(5)4-8-10-6/h1-4,7H. The summed E-state index contributed by atoms with van der Waals surface area (Å²) in [5, 5.41) is 10.5. The van der Waals surface area contributed by atoms with Crippen LogP contribution in [0.4, 0.5) is 0 Å². The van der Waals surface area contributed by atoms with Crippen molar-refractivity contribution in [2.45, 2.75) is 0 Å². The predicted molar refractivity (Wildman–Crippen MR) is 35.3 cm³/mol. The summed E-state index contributed by atoms with van der Waals surface area (Å²) < 4.78 is 6.51. The van der Waals surface area contributed by atoms with Crippen molar-refractivity contribution >= 4 is 11.9 Å². The van der Waals surface area contributed by atoms with Crippen molar-refractivity contribution < 1.29 is 4.52 Å². The average Bonchev–Trinajstić information content (AvgIpc) is 2.44. The lowest BCUT2D eigenvalue weighted by Crippen LogP contribution is -1.84. The zero-order chi connectivity index (χ0) is 6.97. The molecule has 10 heavy (non-hydrogen) atoms. The molecule has 0 aromatic carbocycles. The third kappa shape index (κ3) is 0.500. The maximum Gasteiger partial charge on any atom is 0.235 e. The third-order valence-electron chi connectivity index (χ3n) is 1.37. The second kappa shape index (κ2) is 1.70. The lowest BCUT2D eigenvalue weighted by Gasteiger charge is -1.82. The van der Waals surface area contributed by atoms with Crippen LogP contribution in [0.5, 0.6) is 0 Å². The minimum Gasteiger partial charge on any atom is -0.336 e. The number of hydrogen-bond donors (Lipinski definition) is 1. The van der Waals surface area contributed by atoms with Crippen molar-refractivity contribution in [3.05, 3.63) is 24.2 Å². The van der Waals surface area contributed by atoms with E-state index < -0.39 is 0 Å². The molecule has 0 saturated carbocycles. The summed E-state index contributed by atoms with van der Waals surface area (Å²) >= 11 is 0. The van der Waals surface area contributed by atoms with E-state index in [0.717, 1.165) is 5.69 Å². The molecule has 0 amide bonds. The molecule has 0 radical (unpaired) electrons. The van der Waals surface area contributed by atoms with Gasteiger partial charge in [0.15, 0.2) is 0 Å². The molecule has 0 aliphatic carbocycles. The molecule has 0 saturated heterocycles. The Labute approximate surface area is 56.6 Å². The van der Waals surface area contributed by atoms with Crippen LogP contribution in [0.3, 0.4) is 0 Å². The first-order valence-corrected chi connectivity index (χ1v) is 2.84. The van der Waals surface area contributed by atoms with Gasteiger partial charge in [-0.05, 0) is 6.07 Å². The molecular formula is C6H5N3O. The van der Waals surface area contributed by atoms with E-state index in [9.17, 15) is 0 Å². The molecule has 0 aliphatic rings. The lowest BCUT2D eigenvalue weighted by molar-refractivity contribution is 0.455. The molecular weight excluding hydrogens is 130 g/mol. The van der Waals surface area contributed by atoms with Crippen molar-refractivity contribution in [3.8, 4) is 0 Å². The van der Waals surface area contributed by atoms with E-state index in [-0.39, 0.29) is 0 Å². The van der Waals surface area contributed by atoms with Crippen LogP contribution in [-0.2, 0) is 0 Å². The van der Waals surface area contributed by atoms with Crippen LogP contribution in [0.25, 0.3) is 5.71 Å². The largest absolute Gasteiger partial charge is 0.336 e. The van der Waals surface area contributed by atoms with E-state index in [0.29, 0.717) is 5.71 Å². The minimum atomic E-state index is 0.665. The summed E-state index contributed by atoms with van der Waals surface area (Å²) in [6.07, 6.45) is 2.79. The first-order valence-electron chi connectivity index (χ1n) is 2.84. The van der Waals surface area contributed by atoms with Gasteiger partial charge in [0.2, 0.25) is 5.71 Å². The van der Waals surface area contributed by atoms with Crippen LogP contribution in [0, 0.1) is 5.41 Å². The summed E-state index contributed by atoms with van der Waals surface area (Å²) in [6.45, 7) is 0. The number of nitrogens with zero attached hydrogens (tertiary/aromatic N) is 2. The Hall–Kier alpha value is -1.58.